The first-order chi connectivity index (χ1) is 10.5. The van der Waals surface area contributed by atoms with E-state index in [1.165, 1.54) is 4.90 Å². The summed E-state index contributed by atoms with van der Waals surface area (Å²) < 4.78 is 5.52. The number of carbonyl (C=O) groups excluding carboxylic acids is 1. The molecule has 0 saturated carbocycles. The molecule has 118 valence electrons. The second kappa shape index (κ2) is 6.90. The molecule has 2 rings (SSSR count). The Hall–Kier alpha value is -2.61. The van der Waals surface area contributed by atoms with Crippen molar-refractivity contribution in [3.05, 3.63) is 45.6 Å². The Balaban J connectivity index is 2.12. The van der Waals surface area contributed by atoms with Gasteiger partial charge in [0.25, 0.3) is 5.91 Å². The summed E-state index contributed by atoms with van der Waals surface area (Å²) in [6.07, 6.45) is 0. The SMILES string of the molecule is Cc1ccc(C(=O)N(C)Cc2n[nH]c(=O)[nH]2)cc1OCCN. The quantitative estimate of drug-likeness (QED) is 0.695. The van der Waals surface area contributed by atoms with Gasteiger partial charge in [0.1, 0.15) is 12.4 Å². The third-order valence-corrected chi connectivity index (χ3v) is 3.09. The van der Waals surface area contributed by atoms with Crippen LogP contribution in [0.2, 0.25) is 0 Å². The van der Waals surface area contributed by atoms with Crippen LogP contribution in [0.4, 0.5) is 0 Å². The van der Waals surface area contributed by atoms with Gasteiger partial charge in [-0.1, -0.05) is 6.07 Å². The van der Waals surface area contributed by atoms with E-state index in [0.717, 1.165) is 5.56 Å². The van der Waals surface area contributed by atoms with Gasteiger partial charge in [-0.15, -0.1) is 0 Å². The fraction of sp³-hybridized carbons (Fsp3) is 0.357. The number of hydrogen-bond donors (Lipinski definition) is 3. The van der Waals surface area contributed by atoms with Crippen LogP contribution < -0.4 is 16.2 Å². The molecule has 0 spiro atoms. The topological polar surface area (TPSA) is 117 Å². The maximum atomic E-state index is 12.4. The number of nitrogens with zero attached hydrogens (tertiary/aromatic N) is 2. The van der Waals surface area contributed by atoms with E-state index in [0.29, 0.717) is 30.3 Å². The lowest BCUT2D eigenvalue weighted by atomic mass is 10.1. The van der Waals surface area contributed by atoms with Gasteiger partial charge in [-0.2, -0.15) is 5.10 Å². The summed E-state index contributed by atoms with van der Waals surface area (Å²) in [5.74, 6) is 0.840. The van der Waals surface area contributed by atoms with Gasteiger partial charge in [0.15, 0.2) is 5.82 Å². The van der Waals surface area contributed by atoms with E-state index in [9.17, 15) is 9.59 Å². The fourth-order valence-electron chi connectivity index (χ4n) is 1.95. The van der Waals surface area contributed by atoms with Gasteiger partial charge in [-0.05, 0) is 24.6 Å². The molecule has 1 amide bonds. The van der Waals surface area contributed by atoms with Crippen LogP contribution in [0.5, 0.6) is 5.75 Å². The number of aromatic amines is 2. The van der Waals surface area contributed by atoms with Crippen molar-refractivity contribution in [1.82, 2.24) is 20.1 Å². The van der Waals surface area contributed by atoms with Crippen LogP contribution in [-0.2, 0) is 6.54 Å². The van der Waals surface area contributed by atoms with E-state index in [1.54, 1.807) is 19.2 Å². The molecule has 0 radical (unpaired) electrons. The van der Waals surface area contributed by atoms with Gasteiger partial charge in [-0.3, -0.25) is 9.78 Å². The molecule has 0 saturated heterocycles. The highest BCUT2D eigenvalue weighted by Crippen LogP contribution is 2.20. The highest BCUT2D eigenvalue weighted by Gasteiger charge is 2.15. The minimum atomic E-state index is -0.399. The van der Waals surface area contributed by atoms with E-state index in [-0.39, 0.29) is 12.5 Å². The average Bonchev–Trinajstić information content (AvgIpc) is 2.90. The van der Waals surface area contributed by atoms with Crippen LogP contribution in [0.3, 0.4) is 0 Å². The van der Waals surface area contributed by atoms with E-state index >= 15 is 0 Å². The van der Waals surface area contributed by atoms with Gasteiger partial charge in [-0.25, -0.2) is 9.89 Å². The first kappa shape index (κ1) is 15.8. The summed E-state index contributed by atoms with van der Waals surface area (Å²) in [6.45, 7) is 2.90. The number of carbonyl (C=O) groups is 1. The first-order valence-corrected chi connectivity index (χ1v) is 6.84. The van der Waals surface area contributed by atoms with Crippen molar-refractivity contribution in [2.24, 2.45) is 5.73 Å². The van der Waals surface area contributed by atoms with Crippen molar-refractivity contribution in [2.75, 3.05) is 20.2 Å². The van der Waals surface area contributed by atoms with Gasteiger partial charge in [0.05, 0.1) is 6.54 Å². The Labute approximate surface area is 127 Å². The summed E-state index contributed by atoms with van der Waals surface area (Å²) >= 11 is 0. The Kier molecular flexibility index (Phi) is 4.95. The molecular weight excluding hydrogens is 286 g/mol. The molecule has 0 aliphatic rings. The molecule has 8 nitrogen and oxygen atoms in total. The van der Waals surface area contributed by atoms with Crippen LogP contribution in [-0.4, -0.2) is 46.2 Å². The summed E-state index contributed by atoms with van der Waals surface area (Å²) in [5.41, 5.74) is 6.45. The minimum absolute atomic E-state index is 0.193. The normalized spacial score (nSPS) is 10.5. The maximum absolute atomic E-state index is 12.4. The fourth-order valence-corrected chi connectivity index (χ4v) is 1.95. The molecule has 0 aliphatic carbocycles. The monoisotopic (exact) mass is 305 g/mol. The number of ether oxygens (including phenoxy) is 1. The van der Waals surface area contributed by atoms with E-state index in [1.807, 2.05) is 13.0 Å². The molecule has 0 bridgehead atoms. The lowest BCUT2D eigenvalue weighted by molar-refractivity contribution is 0.0781. The van der Waals surface area contributed by atoms with Crippen LogP contribution >= 0.6 is 0 Å². The molecule has 0 fully saturated rings. The minimum Gasteiger partial charge on any atom is -0.492 e. The lowest BCUT2D eigenvalue weighted by Crippen LogP contribution is -2.27. The number of H-pyrrole nitrogens is 2. The van der Waals surface area contributed by atoms with Crippen molar-refractivity contribution in [2.45, 2.75) is 13.5 Å². The number of rotatable bonds is 6. The zero-order valence-corrected chi connectivity index (χ0v) is 12.5. The van der Waals surface area contributed by atoms with Gasteiger partial charge >= 0.3 is 5.69 Å². The van der Waals surface area contributed by atoms with Crippen molar-refractivity contribution in [3.63, 3.8) is 0 Å². The number of benzene rings is 1. The number of hydrogen-bond acceptors (Lipinski definition) is 5. The first-order valence-electron chi connectivity index (χ1n) is 6.84. The summed E-state index contributed by atoms with van der Waals surface area (Å²) in [4.78, 5) is 27.4. The maximum Gasteiger partial charge on any atom is 0.340 e. The second-order valence-corrected chi connectivity index (χ2v) is 4.90. The second-order valence-electron chi connectivity index (χ2n) is 4.90. The Morgan fingerprint density at radius 2 is 2.23 bits per heavy atom. The van der Waals surface area contributed by atoms with E-state index in [4.69, 9.17) is 10.5 Å². The van der Waals surface area contributed by atoms with Gasteiger partial charge in [0, 0.05) is 19.2 Å². The Morgan fingerprint density at radius 3 is 2.86 bits per heavy atom. The van der Waals surface area contributed by atoms with Crippen molar-refractivity contribution in [3.8, 4) is 5.75 Å². The molecule has 2 aromatic rings. The molecule has 22 heavy (non-hydrogen) atoms. The standard InChI is InChI=1S/C14H19N5O3/c1-9-3-4-10(7-11(9)22-6-5-15)13(20)19(2)8-12-16-14(21)18-17-12/h3-4,7H,5-6,8,15H2,1-2H3,(H2,16,17,18,21). The molecule has 4 N–H and O–H groups in total. The van der Waals surface area contributed by atoms with E-state index in [2.05, 4.69) is 15.2 Å². The predicted octanol–water partition coefficient (Wildman–Crippen LogP) is 0.0161. The molecule has 0 unspecified atom stereocenters. The summed E-state index contributed by atoms with van der Waals surface area (Å²) in [6, 6.07) is 5.25. The number of nitrogens with one attached hydrogen (secondary N) is 2. The van der Waals surface area contributed by atoms with Crippen LogP contribution in [0.1, 0.15) is 21.7 Å². The molecule has 1 aromatic heterocycles. The zero-order chi connectivity index (χ0) is 16.1. The molecule has 1 heterocycles. The Morgan fingerprint density at radius 1 is 1.45 bits per heavy atom. The number of aryl methyl sites for hydroxylation is 1. The number of amides is 1. The number of aromatic nitrogens is 3. The molecule has 0 aliphatic heterocycles. The highest BCUT2D eigenvalue weighted by molar-refractivity contribution is 5.94. The third kappa shape index (κ3) is 3.73. The third-order valence-electron chi connectivity index (χ3n) is 3.09. The Bertz CT molecular complexity index is 706. The van der Waals surface area contributed by atoms with Crippen molar-refractivity contribution < 1.29 is 9.53 Å². The predicted molar refractivity (Wildman–Crippen MR) is 80.7 cm³/mol. The average molecular weight is 305 g/mol. The lowest BCUT2D eigenvalue weighted by Gasteiger charge is -2.17. The van der Waals surface area contributed by atoms with Crippen LogP contribution in [0, 0.1) is 6.92 Å². The largest absolute Gasteiger partial charge is 0.492 e. The van der Waals surface area contributed by atoms with Gasteiger partial charge in [0.2, 0.25) is 0 Å². The molecule has 0 atom stereocenters. The van der Waals surface area contributed by atoms with Crippen LogP contribution in [0.25, 0.3) is 0 Å². The summed E-state index contributed by atoms with van der Waals surface area (Å²) in [7, 11) is 1.63. The molecular formula is C14H19N5O3. The van der Waals surface area contributed by atoms with Gasteiger partial charge < -0.3 is 15.4 Å². The van der Waals surface area contributed by atoms with Crippen LogP contribution in [0.15, 0.2) is 23.0 Å². The smallest absolute Gasteiger partial charge is 0.340 e. The highest BCUT2D eigenvalue weighted by atomic mass is 16.5. The number of nitrogens with two attached hydrogens (primary N) is 1. The summed E-state index contributed by atoms with van der Waals surface area (Å²) in [5, 5.41) is 6.04. The van der Waals surface area contributed by atoms with E-state index < -0.39 is 5.69 Å². The van der Waals surface area contributed by atoms with Crippen molar-refractivity contribution in [1.29, 1.82) is 0 Å². The molecule has 1 aromatic carbocycles. The molecule has 8 heteroatoms. The van der Waals surface area contributed by atoms with Crippen molar-refractivity contribution >= 4 is 5.91 Å². The zero-order valence-electron chi connectivity index (χ0n) is 12.5.